The maximum Gasteiger partial charge on any atom is 0.303 e. The van der Waals surface area contributed by atoms with Gasteiger partial charge < -0.3 is 19.0 Å². The number of methoxy groups -OCH3 is 1. The number of halogens is 1. The molecule has 2 aromatic carbocycles. The van der Waals surface area contributed by atoms with Gasteiger partial charge in [0.05, 0.1) is 18.2 Å². The lowest BCUT2D eigenvalue weighted by molar-refractivity contribution is -0.152. The Balaban J connectivity index is 1.87. The van der Waals surface area contributed by atoms with Crippen LogP contribution in [0, 0.1) is 5.41 Å². The zero-order chi connectivity index (χ0) is 32.4. The number of carbonyl (C=O) groups excluding carboxylic acids is 1. The van der Waals surface area contributed by atoms with E-state index in [1.165, 1.54) is 6.92 Å². The molecule has 0 radical (unpaired) electrons. The van der Waals surface area contributed by atoms with E-state index in [0.29, 0.717) is 34.7 Å². The number of ether oxygens (including phenoxy) is 3. The number of unbranched alkanes of at least 4 members (excludes halogenated alkanes) is 2. The van der Waals surface area contributed by atoms with Gasteiger partial charge in [0, 0.05) is 18.5 Å². The second-order valence-electron chi connectivity index (χ2n) is 12.3. The van der Waals surface area contributed by atoms with Gasteiger partial charge in [-0.2, -0.15) is 0 Å². The molecule has 0 aliphatic rings. The molecular weight excluding hydrogens is 634 g/mol. The molecule has 0 saturated heterocycles. The topological polar surface area (TPSA) is 77.9 Å². The fourth-order valence-corrected chi connectivity index (χ4v) is 10.1. The maximum absolute atomic E-state index is 12.5. The monoisotopic (exact) mass is 681 g/mol. The van der Waals surface area contributed by atoms with Gasteiger partial charge in [0.1, 0.15) is 5.69 Å². The molecule has 2 atom stereocenters. The Morgan fingerprint density at radius 1 is 1.00 bits per heavy atom. The number of carbonyl (C=O) groups is 1. The molecule has 238 valence electrons. The van der Waals surface area contributed by atoms with Crippen LogP contribution in [0.15, 0.2) is 84.0 Å². The summed E-state index contributed by atoms with van der Waals surface area (Å²) in [5.74, 6) is 0.575. The number of nitrogens with zero attached hydrogens (tertiary/aromatic N) is 1. The molecule has 0 aliphatic heterocycles. The van der Waals surface area contributed by atoms with Crippen molar-refractivity contribution in [2.45, 2.75) is 84.3 Å². The highest BCUT2D eigenvalue weighted by Gasteiger charge is 2.49. The first-order valence-corrected chi connectivity index (χ1v) is 18.2. The first kappa shape index (κ1) is 35.5. The molecule has 0 fully saturated rings. The summed E-state index contributed by atoms with van der Waals surface area (Å²) >= 11 is 3.55. The number of benzene rings is 2. The van der Waals surface area contributed by atoms with E-state index in [9.17, 15) is 9.59 Å². The summed E-state index contributed by atoms with van der Waals surface area (Å²) in [6.45, 7) is 14.6. The van der Waals surface area contributed by atoms with Gasteiger partial charge in [-0.25, -0.2) is 0 Å². The van der Waals surface area contributed by atoms with Crippen LogP contribution in [-0.2, 0) is 9.53 Å². The highest BCUT2D eigenvalue weighted by Crippen LogP contribution is 2.49. The molecule has 0 spiro atoms. The quantitative estimate of drug-likeness (QED) is 0.0675. The molecule has 0 amide bonds. The lowest BCUT2D eigenvalue weighted by atomic mass is 9.77. The third-order valence-electron chi connectivity index (χ3n) is 8.65. The van der Waals surface area contributed by atoms with Crippen LogP contribution in [0.4, 0.5) is 0 Å². The van der Waals surface area contributed by atoms with Gasteiger partial charge in [0.2, 0.25) is 0 Å². The first-order chi connectivity index (χ1) is 20.9. The summed E-state index contributed by atoms with van der Waals surface area (Å²) in [7, 11) is -1.53. The van der Waals surface area contributed by atoms with E-state index in [-0.39, 0.29) is 5.04 Å². The largest absolute Gasteiger partial charge is 0.491 e. The van der Waals surface area contributed by atoms with Crippen molar-refractivity contribution in [1.29, 1.82) is 0 Å². The standard InChI is InChI=1S/C36H48BrNO5Si/c1-8-10-25-42-32-30(37)26-38-31(33(32)41-7)34(43-27(3)39)36(6,9-2)24-18-17-23-35(4,5)44(40,28-19-13-11-14-20-28)29-21-15-12-16-22-29/h9,11-16,19-22,26,34,40H,2,8,10,17-18,23-25H2,1,3-7H3. The van der Waals surface area contributed by atoms with Crippen molar-refractivity contribution < 1.29 is 23.8 Å². The van der Waals surface area contributed by atoms with E-state index < -0.39 is 25.8 Å². The summed E-state index contributed by atoms with van der Waals surface area (Å²) in [6.07, 6.45) is 7.89. The predicted molar refractivity (Wildman–Crippen MR) is 184 cm³/mol. The molecule has 1 aromatic heterocycles. The molecule has 1 heterocycles. The summed E-state index contributed by atoms with van der Waals surface area (Å²) in [6, 6.07) is 20.2. The van der Waals surface area contributed by atoms with Crippen LogP contribution in [0.5, 0.6) is 11.5 Å². The summed E-state index contributed by atoms with van der Waals surface area (Å²) in [5, 5.41) is 1.66. The van der Waals surface area contributed by atoms with Crippen molar-refractivity contribution in [2.24, 2.45) is 5.41 Å². The SMILES string of the molecule is C=CC(C)(CCCCC(C)(C)[Si](O)(c1ccccc1)c1ccccc1)C(OC(C)=O)c1ncc(Br)c(OCCCC)c1OC. The zero-order valence-corrected chi connectivity index (χ0v) is 29.7. The van der Waals surface area contributed by atoms with Gasteiger partial charge >= 0.3 is 5.97 Å². The van der Waals surface area contributed by atoms with Gasteiger partial charge in [-0.1, -0.05) is 114 Å². The zero-order valence-electron chi connectivity index (χ0n) is 27.1. The lowest BCUT2D eigenvalue weighted by Crippen LogP contribution is -2.65. The lowest BCUT2D eigenvalue weighted by Gasteiger charge is -2.41. The molecule has 0 aliphatic carbocycles. The molecular formula is C36H48BrNO5Si. The third-order valence-corrected chi connectivity index (χ3v) is 13.8. The fraction of sp³-hybridized carbons (Fsp3) is 0.444. The summed E-state index contributed by atoms with van der Waals surface area (Å²) < 4.78 is 18.5. The molecule has 3 aromatic rings. The van der Waals surface area contributed by atoms with Crippen LogP contribution in [0.3, 0.4) is 0 Å². The van der Waals surface area contributed by atoms with Crippen LogP contribution in [0.1, 0.15) is 84.9 Å². The number of hydrogen-bond donors (Lipinski definition) is 1. The normalized spacial score (nSPS) is 13.9. The average Bonchev–Trinajstić information content (AvgIpc) is 3.03. The minimum Gasteiger partial charge on any atom is -0.491 e. The van der Waals surface area contributed by atoms with Crippen molar-refractivity contribution in [2.75, 3.05) is 13.7 Å². The van der Waals surface area contributed by atoms with E-state index in [2.05, 4.69) is 72.5 Å². The highest BCUT2D eigenvalue weighted by molar-refractivity contribution is 9.10. The van der Waals surface area contributed by atoms with E-state index in [1.807, 2.05) is 49.4 Å². The third kappa shape index (κ3) is 8.01. The van der Waals surface area contributed by atoms with Crippen LogP contribution in [0.2, 0.25) is 5.04 Å². The summed E-state index contributed by atoms with van der Waals surface area (Å²) in [4.78, 5) is 29.6. The Kier molecular flexibility index (Phi) is 12.8. The molecule has 6 nitrogen and oxygen atoms in total. The Hall–Kier alpha value is -2.94. The fourth-order valence-electron chi connectivity index (χ4n) is 5.87. The van der Waals surface area contributed by atoms with Gasteiger partial charge in [0.15, 0.2) is 17.6 Å². The summed E-state index contributed by atoms with van der Waals surface area (Å²) in [5.41, 5.74) is -0.146. The number of esters is 1. The van der Waals surface area contributed by atoms with Crippen LogP contribution >= 0.6 is 15.9 Å². The minimum atomic E-state index is -3.10. The molecule has 8 heteroatoms. The van der Waals surface area contributed by atoms with Gasteiger partial charge in [-0.05, 0) is 50.6 Å². The van der Waals surface area contributed by atoms with E-state index in [0.717, 1.165) is 42.5 Å². The Morgan fingerprint density at radius 2 is 1.57 bits per heavy atom. The number of pyridine rings is 1. The highest BCUT2D eigenvalue weighted by atomic mass is 79.9. The smallest absolute Gasteiger partial charge is 0.303 e. The van der Waals surface area contributed by atoms with E-state index in [1.54, 1.807) is 13.3 Å². The molecule has 2 unspecified atom stereocenters. The molecule has 44 heavy (non-hydrogen) atoms. The number of hydrogen-bond acceptors (Lipinski definition) is 6. The van der Waals surface area contributed by atoms with Gasteiger partial charge in [-0.15, -0.1) is 6.58 Å². The maximum atomic E-state index is 12.5. The Labute approximate surface area is 273 Å². The van der Waals surface area contributed by atoms with Gasteiger partial charge in [0.25, 0.3) is 8.32 Å². The van der Waals surface area contributed by atoms with Crippen molar-refractivity contribution in [3.8, 4) is 11.5 Å². The second kappa shape index (κ2) is 15.9. The van der Waals surface area contributed by atoms with Gasteiger partial charge in [-0.3, -0.25) is 9.78 Å². The Bertz CT molecular complexity index is 1330. The minimum absolute atomic E-state index is 0.350. The predicted octanol–water partition coefficient (Wildman–Crippen LogP) is 7.92. The number of aromatic nitrogens is 1. The second-order valence-corrected chi connectivity index (χ2v) is 17.1. The van der Waals surface area contributed by atoms with Crippen molar-refractivity contribution >= 4 is 40.6 Å². The molecule has 3 rings (SSSR count). The molecule has 0 saturated carbocycles. The average molecular weight is 683 g/mol. The van der Waals surface area contributed by atoms with E-state index in [4.69, 9.17) is 14.2 Å². The van der Waals surface area contributed by atoms with Crippen LogP contribution < -0.4 is 19.8 Å². The number of rotatable bonds is 17. The van der Waals surface area contributed by atoms with Crippen molar-refractivity contribution in [1.82, 2.24) is 4.98 Å². The van der Waals surface area contributed by atoms with Crippen LogP contribution in [0.25, 0.3) is 0 Å². The first-order valence-electron chi connectivity index (χ1n) is 15.4. The van der Waals surface area contributed by atoms with E-state index >= 15 is 0 Å². The van der Waals surface area contributed by atoms with Crippen molar-refractivity contribution in [3.63, 3.8) is 0 Å². The van der Waals surface area contributed by atoms with Crippen molar-refractivity contribution in [3.05, 3.63) is 89.7 Å². The van der Waals surface area contributed by atoms with Crippen LogP contribution in [-0.4, -0.2) is 37.8 Å². The Morgan fingerprint density at radius 3 is 2.07 bits per heavy atom. The molecule has 1 N–H and O–H groups in total. The molecule has 0 bridgehead atoms.